The van der Waals surface area contributed by atoms with Crippen molar-refractivity contribution < 1.29 is 14.3 Å². The van der Waals surface area contributed by atoms with Crippen molar-refractivity contribution in [2.24, 2.45) is 0 Å². The van der Waals surface area contributed by atoms with E-state index in [1.54, 1.807) is 7.11 Å². The summed E-state index contributed by atoms with van der Waals surface area (Å²) in [4.78, 5) is 24.0. The van der Waals surface area contributed by atoms with Crippen LogP contribution < -0.4 is 21.7 Å². The van der Waals surface area contributed by atoms with Gasteiger partial charge in [0.25, 0.3) is 11.8 Å². The van der Waals surface area contributed by atoms with Crippen LogP contribution in [0.5, 0.6) is 0 Å². The standard InChI is InChI=1S/C12H20N4O3S/c1-6(5-19-4)16-12-7(10(17)14-2)8(13)9(20-12)11(18)15-3/h6,16H,5,13H2,1-4H3,(H,14,17)(H,15,18). The van der Waals surface area contributed by atoms with Gasteiger partial charge in [-0.3, -0.25) is 9.59 Å². The summed E-state index contributed by atoms with van der Waals surface area (Å²) < 4.78 is 5.04. The molecule has 0 aliphatic rings. The Morgan fingerprint density at radius 3 is 2.40 bits per heavy atom. The van der Waals surface area contributed by atoms with Crippen LogP contribution in [0.25, 0.3) is 0 Å². The molecule has 1 heterocycles. The molecule has 0 radical (unpaired) electrons. The van der Waals surface area contributed by atoms with E-state index >= 15 is 0 Å². The summed E-state index contributed by atoms with van der Waals surface area (Å²) in [5.41, 5.74) is 6.40. The van der Waals surface area contributed by atoms with E-state index in [0.717, 1.165) is 11.3 Å². The molecule has 1 aromatic rings. The number of hydrogen-bond donors (Lipinski definition) is 4. The Kier molecular flexibility index (Phi) is 5.78. The lowest BCUT2D eigenvalue weighted by Crippen LogP contribution is -2.24. The van der Waals surface area contributed by atoms with Crippen molar-refractivity contribution in [2.45, 2.75) is 13.0 Å². The zero-order valence-corrected chi connectivity index (χ0v) is 12.8. The predicted octanol–water partition coefficient (Wildman–Crippen LogP) is 0.496. The second-order valence-corrected chi connectivity index (χ2v) is 5.23. The fourth-order valence-electron chi connectivity index (χ4n) is 1.69. The largest absolute Gasteiger partial charge is 0.397 e. The van der Waals surface area contributed by atoms with Crippen LogP contribution in [0.4, 0.5) is 10.7 Å². The molecule has 1 rings (SSSR count). The molecule has 1 aromatic heterocycles. The lowest BCUT2D eigenvalue weighted by molar-refractivity contribution is 0.0963. The first kappa shape index (κ1) is 16.3. The second kappa shape index (κ2) is 7.11. The Bertz CT molecular complexity index is 501. The first-order valence-corrected chi connectivity index (χ1v) is 6.89. The van der Waals surface area contributed by atoms with Crippen molar-refractivity contribution in [3.8, 4) is 0 Å². The smallest absolute Gasteiger partial charge is 0.263 e. The third kappa shape index (κ3) is 3.40. The minimum atomic E-state index is -0.332. The SMILES string of the molecule is CNC(=O)c1sc(NC(C)COC)c(C(=O)NC)c1N. The van der Waals surface area contributed by atoms with Crippen LogP contribution in [-0.4, -0.2) is 45.7 Å². The number of amides is 2. The quantitative estimate of drug-likeness (QED) is 0.612. The zero-order valence-electron chi connectivity index (χ0n) is 12.0. The third-order valence-corrected chi connectivity index (χ3v) is 3.76. The summed E-state index contributed by atoms with van der Waals surface area (Å²) in [7, 11) is 4.62. The molecule has 1 unspecified atom stereocenters. The van der Waals surface area contributed by atoms with Crippen LogP contribution in [0.15, 0.2) is 0 Å². The molecular weight excluding hydrogens is 280 g/mol. The van der Waals surface area contributed by atoms with Gasteiger partial charge >= 0.3 is 0 Å². The minimum Gasteiger partial charge on any atom is -0.397 e. The Morgan fingerprint density at radius 1 is 1.30 bits per heavy atom. The molecule has 0 saturated heterocycles. The molecule has 5 N–H and O–H groups in total. The highest BCUT2D eigenvalue weighted by Crippen LogP contribution is 2.36. The fraction of sp³-hybridized carbons (Fsp3) is 0.500. The van der Waals surface area contributed by atoms with E-state index in [0.29, 0.717) is 22.0 Å². The molecule has 0 bridgehead atoms. The molecular formula is C12H20N4O3S. The molecule has 0 aliphatic carbocycles. The van der Waals surface area contributed by atoms with E-state index in [4.69, 9.17) is 10.5 Å². The Labute approximate surface area is 121 Å². The number of hydrogen-bond acceptors (Lipinski definition) is 6. The van der Waals surface area contributed by atoms with Gasteiger partial charge in [0, 0.05) is 27.2 Å². The molecule has 2 amide bonds. The van der Waals surface area contributed by atoms with Crippen LogP contribution in [-0.2, 0) is 4.74 Å². The van der Waals surface area contributed by atoms with Crippen molar-refractivity contribution in [2.75, 3.05) is 38.9 Å². The number of rotatable bonds is 6. The lowest BCUT2D eigenvalue weighted by atomic mass is 10.2. The van der Waals surface area contributed by atoms with Crippen LogP contribution in [0.3, 0.4) is 0 Å². The number of carbonyl (C=O) groups is 2. The Balaban J connectivity index is 3.20. The monoisotopic (exact) mass is 300 g/mol. The van der Waals surface area contributed by atoms with E-state index in [1.165, 1.54) is 14.1 Å². The summed E-state index contributed by atoms with van der Waals surface area (Å²) in [6.45, 7) is 2.38. The molecule has 20 heavy (non-hydrogen) atoms. The van der Waals surface area contributed by atoms with E-state index in [9.17, 15) is 9.59 Å². The maximum absolute atomic E-state index is 11.9. The molecule has 0 aliphatic heterocycles. The number of thiophene rings is 1. The molecule has 7 nitrogen and oxygen atoms in total. The van der Waals surface area contributed by atoms with E-state index in [1.807, 2.05) is 6.92 Å². The number of ether oxygens (including phenoxy) is 1. The number of nitrogens with two attached hydrogens (primary N) is 1. The fourth-order valence-corrected chi connectivity index (χ4v) is 2.87. The predicted molar refractivity (Wildman–Crippen MR) is 80.5 cm³/mol. The van der Waals surface area contributed by atoms with Crippen molar-refractivity contribution in [1.29, 1.82) is 0 Å². The topological polar surface area (TPSA) is 105 Å². The Morgan fingerprint density at radius 2 is 1.90 bits per heavy atom. The highest BCUT2D eigenvalue weighted by molar-refractivity contribution is 7.19. The number of nitrogen functional groups attached to an aromatic ring is 1. The van der Waals surface area contributed by atoms with Crippen LogP contribution in [0, 0.1) is 0 Å². The van der Waals surface area contributed by atoms with Gasteiger partial charge in [-0.2, -0.15) is 0 Å². The summed E-state index contributed by atoms with van der Waals surface area (Å²) >= 11 is 1.15. The van der Waals surface area contributed by atoms with Gasteiger partial charge in [-0.05, 0) is 6.92 Å². The molecule has 0 spiro atoms. The highest BCUT2D eigenvalue weighted by Gasteiger charge is 2.25. The average Bonchev–Trinajstić information content (AvgIpc) is 2.74. The van der Waals surface area contributed by atoms with Gasteiger partial charge in [-0.15, -0.1) is 11.3 Å². The molecule has 0 aromatic carbocycles. The number of methoxy groups -OCH3 is 1. The van der Waals surface area contributed by atoms with E-state index in [2.05, 4.69) is 16.0 Å². The maximum atomic E-state index is 11.9. The third-order valence-electron chi connectivity index (χ3n) is 2.63. The molecule has 0 fully saturated rings. The summed E-state index contributed by atoms with van der Waals surface area (Å²) in [6.07, 6.45) is 0. The Hall–Kier alpha value is -1.80. The first-order valence-electron chi connectivity index (χ1n) is 6.08. The van der Waals surface area contributed by atoms with Crippen molar-refractivity contribution >= 4 is 33.8 Å². The summed E-state index contributed by atoms with van der Waals surface area (Å²) in [6, 6.07) is -0.0148. The van der Waals surface area contributed by atoms with Gasteiger partial charge in [0.2, 0.25) is 0 Å². The summed E-state index contributed by atoms with van der Waals surface area (Å²) in [5.74, 6) is -0.647. The number of nitrogens with one attached hydrogen (secondary N) is 3. The van der Waals surface area contributed by atoms with Crippen LogP contribution >= 0.6 is 11.3 Å². The van der Waals surface area contributed by atoms with Crippen LogP contribution in [0.2, 0.25) is 0 Å². The van der Waals surface area contributed by atoms with Gasteiger partial charge < -0.3 is 26.4 Å². The van der Waals surface area contributed by atoms with E-state index in [-0.39, 0.29) is 23.5 Å². The molecule has 112 valence electrons. The van der Waals surface area contributed by atoms with Crippen molar-refractivity contribution in [3.63, 3.8) is 0 Å². The van der Waals surface area contributed by atoms with Crippen molar-refractivity contribution in [3.05, 3.63) is 10.4 Å². The van der Waals surface area contributed by atoms with Gasteiger partial charge in [-0.1, -0.05) is 0 Å². The number of carbonyl (C=O) groups excluding carboxylic acids is 2. The van der Waals surface area contributed by atoms with Gasteiger partial charge in [0.1, 0.15) is 9.88 Å². The van der Waals surface area contributed by atoms with E-state index < -0.39 is 0 Å². The first-order chi connectivity index (χ1) is 9.46. The summed E-state index contributed by atoms with van der Waals surface area (Å²) in [5, 5.41) is 8.73. The molecule has 0 saturated carbocycles. The average molecular weight is 300 g/mol. The highest BCUT2D eigenvalue weighted by atomic mass is 32.1. The van der Waals surface area contributed by atoms with Crippen molar-refractivity contribution in [1.82, 2.24) is 10.6 Å². The molecule has 8 heteroatoms. The van der Waals surface area contributed by atoms with Crippen LogP contribution in [0.1, 0.15) is 27.0 Å². The van der Waals surface area contributed by atoms with Gasteiger partial charge in [-0.25, -0.2) is 0 Å². The lowest BCUT2D eigenvalue weighted by Gasteiger charge is -2.13. The second-order valence-electron chi connectivity index (χ2n) is 4.21. The van der Waals surface area contributed by atoms with Gasteiger partial charge in [0.05, 0.1) is 17.9 Å². The minimum absolute atomic E-state index is 0.0148. The normalized spacial score (nSPS) is 11.8. The molecule has 1 atom stereocenters. The zero-order chi connectivity index (χ0) is 15.3. The van der Waals surface area contributed by atoms with Gasteiger partial charge in [0.15, 0.2) is 0 Å². The number of anilines is 2. The maximum Gasteiger partial charge on any atom is 0.263 e.